The van der Waals surface area contributed by atoms with Crippen LogP contribution in [0.2, 0.25) is 0 Å². The number of benzene rings is 3. The molecule has 0 atom stereocenters. The molecule has 0 aliphatic carbocycles. The Morgan fingerprint density at radius 3 is 2.29 bits per heavy atom. The molecule has 6 nitrogen and oxygen atoms in total. The van der Waals surface area contributed by atoms with Gasteiger partial charge in [-0.15, -0.1) is 0 Å². The largest absolute Gasteiger partial charge is 0.497 e. The number of ether oxygens (including phenoxy) is 1. The number of carbonyl (C=O) groups is 3. The molecule has 0 spiro atoms. The van der Waals surface area contributed by atoms with Crippen LogP contribution in [-0.2, 0) is 16.0 Å². The lowest BCUT2D eigenvalue weighted by Gasteiger charge is -2.13. The molecule has 34 heavy (non-hydrogen) atoms. The smallest absolute Gasteiger partial charge is 0.293 e. The number of hydrogen-bond acceptors (Lipinski definition) is 5. The first kappa shape index (κ1) is 23.3. The van der Waals surface area contributed by atoms with Gasteiger partial charge < -0.3 is 10.1 Å². The fourth-order valence-corrected chi connectivity index (χ4v) is 4.41. The minimum atomic E-state index is -0.350. The monoisotopic (exact) mass is 472 g/mol. The molecule has 3 aromatic carbocycles. The van der Waals surface area contributed by atoms with E-state index in [-0.39, 0.29) is 36.6 Å². The average Bonchev–Trinajstić information content (AvgIpc) is 3.13. The second kappa shape index (κ2) is 10.9. The van der Waals surface area contributed by atoms with Crippen LogP contribution in [0.3, 0.4) is 0 Å². The van der Waals surface area contributed by atoms with Gasteiger partial charge in [-0.3, -0.25) is 19.3 Å². The number of rotatable bonds is 8. The van der Waals surface area contributed by atoms with Gasteiger partial charge in [-0.1, -0.05) is 66.7 Å². The number of nitrogens with zero attached hydrogens (tertiary/aromatic N) is 1. The first-order valence-corrected chi connectivity index (χ1v) is 11.7. The maximum Gasteiger partial charge on any atom is 0.293 e. The molecule has 3 aromatic rings. The van der Waals surface area contributed by atoms with Crippen LogP contribution in [0, 0.1) is 0 Å². The van der Waals surface area contributed by atoms with Crippen molar-refractivity contribution in [3.63, 3.8) is 0 Å². The molecule has 0 radical (unpaired) electrons. The van der Waals surface area contributed by atoms with Crippen LogP contribution >= 0.6 is 11.8 Å². The molecule has 1 heterocycles. The minimum absolute atomic E-state index is 0.128. The normalized spacial score (nSPS) is 14.5. The average molecular weight is 473 g/mol. The summed E-state index contributed by atoms with van der Waals surface area (Å²) in [5.41, 5.74) is 3.91. The van der Waals surface area contributed by atoms with E-state index < -0.39 is 0 Å². The predicted molar refractivity (Wildman–Crippen MR) is 134 cm³/mol. The van der Waals surface area contributed by atoms with Crippen LogP contribution in [0.4, 0.5) is 4.79 Å². The molecule has 1 fully saturated rings. The summed E-state index contributed by atoms with van der Waals surface area (Å²) in [6.07, 6.45) is 1.91. The van der Waals surface area contributed by atoms with Crippen LogP contribution in [0.15, 0.2) is 83.8 Å². The number of hydrogen-bond donors (Lipinski definition) is 1. The van der Waals surface area contributed by atoms with Crippen molar-refractivity contribution in [1.82, 2.24) is 10.2 Å². The Labute approximate surface area is 202 Å². The first-order valence-electron chi connectivity index (χ1n) is 10.8. The van der Waals surface area contributed by atoms with Crippen LogP contribution in [0.5, 0.6) is 5.75 Å². The lowest BCUT2D eigenvalue weighted by molar-refractivity contribution is -0.124. The van der Waals surface area contributed by atoms with Crippen molar-refractivity contribution in [3.05, 3.63) is 94.9 Å². The minimum Gasteiger partial charge on any atom is -0.497 e. The molecule has 0 saturated carbocycles. The van der Waals surface area contributed by atoms with Gasteiger partial charge in [0.05, 0.1) is 18.4 Å². The zero-order chi connectivity index (χ0) is 23.9. The van der Waals surface area contributed by atoms with E-state index in [4.69, 9.17) is 4.74 Å². The summed E-state index contributed by atoms with van der Waals surface area (Å²) in [5.74, 6) is 0.206. The van der Waals surface area contributed by atoms with Crippen molar-refractivity contribution in [1.29, 1.82) is 0 Å². The van der Waals surface area contributed by atoms with E-state index in [9.17, 15) is 14.4 Å². The van der Waals surface area contributed by atoms with Crippen LogP contribution in [-0.4, -0.2) is 42.2 Å². The molecule has 0 aromatic heterocycles. The molecule has 172 valence electrons. The molecular weight excluding hydrogens is 448 g/mol. The van der Waals surface area contributed by atoms with Gasteiger partial charge in [-0.25, -0.2) is 0 Å². The molecule has 7 heteroatoms. The summed E-state index contributed by atoms with van der Waals surface area (Å²) in [5, 5.41) is 2.46. The Morgan fingerprint density at radius 2 is 1.62 bits per heavy atom. The Balaban J connectivity index is 1.27. The molecule has 1 aliphatic rings. The lowest BCUT2D eigenvalue weighted by Crippen LogP contribution is -2.37. The van der Waals surface area contributed by atoms with Crippen molar-refractivity contribution in [2.75, 3.05) is 20.2 Å². The van der Waals surface area contributed by atoms with E-state index in [0.717, 1.165) is 38.9 Å². The molecule has 1 aliphatic heterocycles. The van der Waals surface area contributed by atoms with E-state index >= 15 is 0 Å². The van der Waals surface area contributed by atoms with Crippen LogP contribution in [0.25, 0.3) is 17.2 Å². The summed E-state index contributed by atoms with van der Waals surface area (Å²) in [6.45, 7) is 0.331. The first-order chi connectivity index (χ1) is 16.5. The highest BCUT2D eigenvalue weighted by atomic mass is 32.2. The van der Waals surface area contributed by atoms with Gasteiger partial charge in [0.15, 0.2) is 0 Å². The Bertz CT molecular complexity index is 1210. The van der Waals surface area contributed by atoms with E-state index in [2.05, 4.69) is 5.32 Å². The van der Waals surface area contributed by atoms with Gasteiger partial charge in [0, 0.05) is 13.1 Å². The van der Waals surface area contributed by atoms with Crippen molar-refractivity contribution in [2.24, 2.45) is 0 Å². The number of imide groups is 1. The Kier molecular flexibility index (Phi) is 7.44. The topological polar surface area (TPSA) is 75.7 Å². The summed E-state index contributed by atoms with van der Waals surface area (Å²) in [4.78, 5) is 38.8. The third-order valence-corrected chi connectivity index (χ3v) is 6.28. The maximum atomic E-state index is 12.6. The van der Waals surface area contributed by atoms with Crippen molar-refractivity contribution < 1.29 is 19.1 Å². The lowest BCUT2D eigenvalue weighted by atomic mass is 10.0. The third kappa shape index (κ3) is 5.74. The molecule has 1 N–H and O–H groups in total. The summed E-state index contributed by atoms with van der Waals surface area (Å²) in [7, 11) is 1.58. The van der Waals surface area contributed by atoms with E-state index in [0.29, 0.717) is 10.7 Å². The fourth-order valence-electron chi connectivity index (χ4n) is 3.54. The Morgan fingerprint density at radius 1 is 0.941 bits per heavy atom. The third-order valence-electron chi connectivity index (χ3n) is 5.37. The second-order valence-corrected chi connectivity index (χ2v) is 8.69. The standard InChI is InChI=1S/C27H24N2O4S/c1-33-23-13-9-19(10-14-23)17-24-26(31)29(27(32)34-24)16-15-28-25(30)18-20-7-11-22(12-8-20)21-5-3-2-4-6-21/h2-14,17H,15-16,18H2,1H3,(H,28,30). The highest BCUT2D eigenvalue weighted by Gasteiger charge is 2.34. The summed E-state index contributed by atoms with van der Waals surface area (Å²) < 4.78 is 5.13. The molecule has 0 unspecified atom stereocenters. The second-order valence-electron chi connectivity index (χ2n) is 7.70. The molecule has 0 bridgehead atoms. The van der Waals surface area contributed by atoms with Crippen LogP contribution < -0.4 is 10.1 Å². The van der Waals surface area contributed by atoms with E-state index in [1.807, 2.05) is 66.7 Å². The number of nitrogens with one attached hydrogen (secondary N) is 1. The van der Waals surface area contributed by atoms with Crippen molar-refractivity contribution >= 4 is 34.9 Å². The number of methoxy groups -OCH3 is 1. The zero-order valence-corrected chi connectivity index (χ0v) is 19.5. The SMILES string of the molecule is COc1ccc(C=C2SC(=O)N(CCNC(=O)Cc3ccc(-c4ccccc4)cc3)C2=O)cc1. The quantitative estimate of drug-likeness (QED) is 0.479. The van der Waals surface area contributed by atoms with E-state index in [1.54, 1.807) is 25.3 Å². The highest BCUT2D eigenvalue weighted by Crippen LogP contribution is 2.32. The van der Waals surface area contributed by atoms with Gasteiger partial charge in [0.2, 0.25) is 5.91 Å². The molecule has 3 amide bonds. The van der Waals surface area contributed by atoms with Gasteiger partial charge in [0.1, 0.15) is 5.75 Å². The molecule has 1 saturated heterocycles. The molecular formula is C27H24N2O4S. The van der Waals surface area contributed by atoms with Crippen LogP contribution in [0.1, 0.15) is 11.1 Å². The zero-order valence-electron chi connectivity index (χ0n) is 18.7. The number of amides is 3. The van der Waals surface area contributed by atoms with Gasteiger partial charge >= 0.3 is 0 Å². The Hall–Kier alpha value is -3.84. The number of thioether (sulfide) groups is 1. The predicted octanol–water partition coefficient (Wildman–Crippen LogP) is 4.76. The summed E-state index contributed by atoms with van der Waals surface area (Å²) >= 11 is 0.902. The van der Waals surface area contributed by atoms with E-state index in [1.165, 1.54) is 0 Å². The number of carbonyl (C=O) groups excluding carboxylic acids is 3. The van der Waals surface area contributed by atoms with Gasteiger partial charge in [-0.05, 0) is 52.2 Å². The van der Waals surface area contributed by atoms with Gasteiger partial charge in [-0.2, -0.15) is 0 Å². The summed E-state index contributed by atoms with van der Waals surface area (Å²) in [6, 6.07) is 25.1. The molecule has 4 rings (SSSR count). The van der Waals surface area contributed by atoms with Crippen molar-refractivity contribution in [3.8, 4) is 16.9 Å². The fraction of sp³-hybridized carbons (Fsp3) is 0.148. The van der Waals surface area contributed by atoms with Crippen molar-refractivity contribution in [2.45, 2.75) is 6.42 Å². The highest BCUT2D eigenvalue weighted by molar-refractivity contribution is 8.18. The maximum absolute atomic E-state index is 12.6. The van der Waals surface area contributed by atoms with Gasteiger partial charge in [0.25, 0.3) is 11.1 Å².